The molecule has 0 aliphatic rings. The summed E-state index contributed by atoms with van der Waals surface area (Å²) in [7, 11) is 1.57. The third-order valence-electron chi connectivity index (χ3n) is 4.53. The van der Waals surface area contributed by atoms with Crippen LogP contribution in [0.1, 0.15) is 10.6 Å². The number of methoxy groups -OCH3 is 1. The van der Waals surface area contributed by atoms with Crippen LogP contribution in [0.4, 0.5) is 5.69 Å². The van der Waals surface area contributed by atoms with E-state index in [2.05, 4.69) is 15.6 Å². The SMILES string of the molecule is COc1ccc(NC(=O)Cn2nc(-c3ccc(C)s3)c(-c3cc(C)no3)cc2=O)cc1. The van der Waals surface area contributed by atoms with Crippen molar-refractivity contribution in [2.24, 2.45) is 0 Å². The second-order valence-electron chi connectivity index (χ2n) is 6.92. The molecule has 1 N–H and O–H groups in total. The van der Waals surface area contributed by atoms with Gasteiger partial charge in [0, 0.05) is 22.7 Å². The van der Waals surface area contributed by atoms with Gasteiger partial charge >= 0.3 is 0 Å². The molecule has 3 heterocycles. The number of nitrogens with zero attached hydrogens (tertiary/aromatic N) is 3. The van der Waals surface area contributed by atoms with Crippen molar-refractivity contribution in [1.29, 1.82) is 0 Å². The first kappa shape index (κ1) is 20.5. The van der Waals surface area contributed by atoms with E-state index in [1.807, 2.05) is 19.1 Å². The molecule has 0 aliphatic heterocycles. The van der Waals surface area contributed by atoms with Gasteiger partial charge in [-0.25, -0.2) is 4.68 Å². The van der Waals surface area contributed by atoms with Crippen LogP contribution in [0.3, 0.4) is 0 Å². The number of benzene rings is 1. The molecule has 0 radical (unpaired) electrons. The number of hydrogen-bond donors (Lipinski definition) is 1. The van der Waals surface area contributed by atoms with Crippen LogP contribution in [0.25, 0.3) is 21.9 Å². The maximum atomic E-state index is 12.7. The molecule has 0 atom stereocenters. The number of nitrogens with one attached hydrogen (secondary N) is 1. The van der Waals surface area contributed by atoms with E-state index in [1.54, 1.807) is 55.7 Å². The molecule has 0 fully saturated rings. The Morgan fingerprint density at radius 3 is 2.55 bits per heavy atom. The molecular weight excluding hydrogens is 416 g/mol. The van der Waals surface area contributed by atoms with Crippen molar-refractivity contribution in [1.82, 2.24) is 14.9 Å². The lowest BCUT2D eigenvalue weighted by Gasteiger charge is -2.10. The van der Waals surface area contributed by atoms with Gasteiger partial charge in [-0.1, -0.05) is 5.16 Å². The van der Waals surface area contributed by atoms with Gasteiger partial charge in [-0.3, -0.25) is 9.59 Å². The summed E-state index contributed by atoms with van der Waals surface area (Å²) in [6, 6.07) is 14.0. The summed E-state index contributed by atoms with van der Waals surface area (Å²) in [4.78, 5) is 27.2. The highest BCUT2D eigenvalue weighted by molar-refractivity contribution is 7.15. The van der Waals surface area contributed by atoms with Crippen LogP contribution < -0.4 is 15.6 Å². The highest BCUT2D eigenvalue weighted by Crippen LogP contribution is 2.33. The second kappa shape index (κ2) is 8.57. The summed E-state index contributed by atoms with van der Waals surface area (Å²) >= 11 is 1.54. The molecule has 1 amide bonds. The molecule has 3 aromatic heterocycles. The van der Waals surface area contributed by atoms with E-state index in [9.17, 15) is 9.59 Å². The van der Waals surface area contributed by atoms with Crippen LogP contribution in [0.15, 0.2) is 57.8 Å². The summed E-state index contributed by atoms with van der Waals surface area (Å²) in [5.74, 6) is 0.777. The third-order valence-corrected chi connectivity index (χ3v) is 5.54. The Balaban J connectivity index is 1.66. The molecule has 4 aromatic rings. The molecule has 0 saturated heterocycles. The number of hydrogen-bond acceptors (Lipinski definition) is 7. The Bertz CT molecular complexity index is 1290. The Labute approximate surface area is 182 Å². The summed E-state index contributed by atoms with van der Waals surface area (Å²) in [6.07, 6.45) is 0. The van der Waals surface area contributed by atoms with E-state index in [4.69, 9.17) is 9.26 Å². The zero-order valence-corrected chi connectivity index (χ0v) is 18.0. The Hall–Kier alpha value is -3.72. The van der Waals surface area contributed by atoms with Crippen molar-refractivity contribution in [2.45, 2.75) is 20.4 Å². The van der Waals surface area contributed by atoms with Gasteiger partial charge in [0.1, 0.15) is 18.0 Å². The first-order valence-electron chi connectivity index (χ1n) is 9.49. The van der Waals surface area contributed by atoms with E-state index < -0.39 is 5.56 Å². The van der Waals surface area contributed by atoms with Gasteiger partial charge in [-0.05, 0) is 50.2 Å². The molecule has 9 heteroatoms. The average molecular weight is 436 g/mol. The Morgan fingerprint density at radius 1 is 1.16 bits per heavy atom. The van der Waals surface area contributed by atoms with Crippen molar-refractivity contribution >= 4 is 22.9 Å². The molecule has 0 spiro atoms. The van der Waals surface area contributed by atoms with Gasteiger partial charge < -0.3 is 14.6 Å². The van der Waals surface area contributed by atoms with E-state index in [0.717, 1.165) is 14.4 Å². The van der Waals surface area contributed by atoms with Gasteiger partial charge in [0.15, 0.2) is 5.76 Å². The minimum atomic E-state index is -0.411. The maximum absolute atomic E-state index is 12.7. The molecule has 1 aromatic carbocycles. The highest BCUT2D eigenvalue weighted by Gasteiger charge is 2.18. The van der Waals surface area contributed by atoms with Crippen LogP contribution in [0, 0.1) is 13.8 Å². The summed E-state index contributed by atoms with van der Waals surface area (Å²) in [5.41, 5.74) is 1.99. The molecule has 158 valence electrons. The van der Waals surface area contributed by atoms with E-state index in [-0.39, 0.29) is 12.5 Å². The number of carbonyl (C=O) groups excluding carboxylic acids is 1. The van der Waals surface area contributed by atoms with E-state index in [0.29, 0.717) is 34.1 Å². The Kier molecular flexibility index (Phi) is 5.68. The van der Waals surface area contributed by atoms with Crippen molar-refractivity contribution in [3.05, 3.63) is 69.5 Å². The molecule has 4 rings (SSSR count). The fourth-order valence-electron chi connectivity index (χ4n) is 3.04. The quantitative estimate of drug-likeness (QED) is 0.492. The maximum Gasteiger partial charge on any atom is 0.268 e. The number of anilines is 1. The van der Waals surface area contributed by atoms with Crippen LogP contribution in [-0.2, 0) is 11.3 Å². The smallest absolute Gasteiger partial charge is 0.268 e. The van der Waals surface area contributed by atoms with Gasteiger partial charge in [0.25, 0.3) is 5.56 Å². The van der Waals surface area contributed by atoms with Crippen molar-refractivity contribution in [3.8, 4) is 27.6 Å². The largest absolute Gasteiger partial charge is 0.497 e. The average Bonchev–Trinajstić information content (AvgIpc) is 3.38. The summed E-state index contributed by atoms with van der Waals surface area (Å²) < 4.78 is 11.6. The van der Waals surface area contributed by atoms with Gasteiger partial charge in [-0.15, -0.1) is 11.3 Å². The molecule has 0 unspecified atom stereocenters. The fraction of sp³-hybridized carbons (Fsp3) is 0.182. The lowest BCUT2D eigenvalue weighted by Crippen LogP contribution is -2.29. The Morgan fingerprint density at radius 2 is 1.94 bits per heavy atom. The highest BCUT2D eigenvalue weighted by atomic mass is 32.1. The fourth-order valence-corrected chi connectivity index (χ4v) is 3.90. The van der Waals surface area contributed by atoms with Crippen molar-refractivity contribution < 1.29 is 14.1 Å². The lowest BCUT2D eigenvalue weighted by atomic mass is 10.1. The number of aryl methyl sites for hydroxylation is 2. The number of aromatic nitrogens is 3. The van der Waals surface area contributed by atoms with Crippen LogP contribution in [-0.4, -0.2) is 28.0 Å². The molecular formula is C22H20N4O4S. The normalized spacial score (nSPS) is 10.8. The van der Waals surface area contributed by atoms with E-state index >= 15 is 0 Å². The zero-order chi connectivity index (χ0) is 22.0. The number of thiophene rings is 1. The number of rotatable bonds is 6. The third kappa shape index (κ3) is 4.56. The van der Waals surface area contributed by atoms with Crippen molar-refractivity contribution in [2.75, 3.05) is 12.4 Å². The topological polar surface area (TPSA) is 99.2 Å². The molecule has 0 saturated carbocycles. The number of carbonyl (C=O) groups is 1. The van der Waals surface area contributed by atoms with Gasteiger partial charge in [0.2, 0.25) is 5.91 Å². The summed E-state index contributed by atoms with van der Waals surface area (Å²) in [5, 5.41) is 11.2. The minimum Gasteiger partial charge on any atom is -0.497 e. The molecule has 31 heavy (non-hydrogen) atoms. The standard InChI is InChI=1S/C22H20N4O4S/c1-13-10-18(30-25-13)17-11-21(28)26(24-22(17)19-9-4-14(2)31-19)12-20(27)23-15-5-7-16(29-3)8-6-15/h4-11H,12H2,1-3H3,(H,23,27). The molecule has 0 aliphatic carbocycles. The predicted octanol–water partition coefficient (Wildman–Crippen LogP) is 3.89. The minimum absolute atomic E-state index is 0.224. The lowest BCUT2D eigenvalue weighted by molar-refractivity contribution is -0.117. The first-order valence-corrected chi connectivity index (χ1v) is 10.3. The monoisotopic (exact) mass is 436 g/mol. The number of amides is 1. The zero-order valence-electron chi connectivity index (χ0n) is 17.2. The van der Waals surface area contributed by atoms with Crippen LogP contribution >= 0.6 is 11.3 Å². The van der Waals surface area contributed by atoms with Crippen LogP contribution in [0.2, 0.25) is 0 Å². The van der Waals surface area contributed by atoms with Crippen molar-refractivity contribution in [3.63, 3.8) is 0 Å². The second-order valence-corrected chi connectivity index (χ2v) is 8.21. The summed E-state index contributed by atoms with van der Waals surface area (Å²) in [6.45, 7) is 3.57. The first-order chi connectivity index (χ1) is 14.9. The molecule has 8 nitrogen and oxygen atoms in total. The molecule has 0 bridgehead atoms. The van der Waals surface area contributed by atoms with E-state index in [1.165, 1.54) is 6.07 Å². The predicted molar refractivity (Wildman–Crippen MR) is 118 cm³/mol. The number of ether oxygens (including phenoxy) is 1. The van der Waals surface area contributed by atoms with Gasteiger partial charge in [0.05, 0.1) is 23.2 Å². The van der Waals surface area contributed by atoms with Crippen LogP contribution in [0.5, 0.6) is 5.75 Å². The van der Waals surface area contributed by atoms with Gasteiger partial charge in [-0.2, -0.15) is 5.10 Å².